The number of hydrogen-bond donors (Lipinski definition) is 0. The molecule has 1 unspecified atom stereocenters. The van der Waals surface area contributed by atoms with Crippen LogP contribution in [0.25, 0.3) is 0 Å². The van der Waals surface area contributed by atoms with E-state index in [-0.39, 0.29) is 17.8 Å². The Kier molecular flexibility index (Phi) is 7.07. The number of ether oxygens (including phenoxy) is 2. The Morgan fingerprint density at radius 3 is 2.17 bits per heavy atom. The van der Waals surface area contributed by atoms with Gasteiger partial charge in [0.2, 0.25) is 5.91 Å². The van der Waals surface area contributed by atoms with Crippen molar-refractivity contribution < 1.29 is 18.7 Å². The molecule has 30 heavy (non-hydrogen) atoms. The van der Waals surface area contributed by atoms with Crippen LogP contribution in [0.15, 0.2) is 72.8 Å². The number of carbonyl (C=O) groups is 1. The van der Waals surface area contributed by atoms with E-state index < -0.39 is 0 Å². The predicted molar refractivity (Wildman–Crippen MR) is 115 cm³/mol. The van der Waals surface area contributed by atoms with E-state index >= 15 is 0 Å². The summed E-state index contributed by atoms with van der Waals surface area (Å²) in [5.74, 6) is 1.00. The number of halogens is 1. The van der Waals surface area contributed by atoms with Crippen LogP contribution >= 0.6 is 0 Å². The van der Waals surface area contributed by atoms with E-state index in [2.05, 4.69) is 0 Å². The Bertz CT molecular complexity index is 973. The summed E-state index contributed by atoms with van der Waals surface area (Å²) in [6, 6.07) is 21.4. The van der Waals surface area contributed by atoms with Gasteiger partial charge in [0.15, 0.2) is 11.5 Å². The van der Waals surface area contributed by atoms with Crippen LogP contribution in [0.2, 0.25) is 0 Å². The third-order valence-corrected chi connectivity index (χ3v) is 5.16. The largest absolute Gasteiger partial charge is 0.493 e. The maximum absolute atomic E-state index is 13.4. The number of methoxy groups -OCH3 is 2. The lowest BCUT2D eigenvalue weighted by Crippen LogP contribution is -2.32. The number of hydrogen-bond acceptors (Lipinski definition) is 3. The van der Waals surface area contributed by atoms with Gasteiger partial charge in [0.05, 0.1) is 20.3 Å². The molecule has 0 spiro atoms. The van der Waals surface area contributed by atoms with Gasteiger partial charge in [-0.1, -0.05) is 48.5 Å². The number of carbonyl (C=O) groups excluding carboxylic acids is 1. The molecule has 1 amide bonds. The third-order valence-electron chi connectivity index (χ3n) is 5.16. The molecule has 0 aliphatic heterocycles. The van der Waals surface area contributed by atoms with Gasteiger partial charge in [-0.25, -0.2) is 4.39 Å². The zero-order valence-corrected chi connectivity index (χ0v) is 17.5. The highest BCUT2D eigenvalue weighted by Gasteiger charge is 2.23. The Hall–Kier alpha value is -3.34. The highest BCUT2D eigenvalue weighted by Crippen LogP contribution is 2.30. The fraction of sp³-hybridized carbons (Fsp3) is 0.240. The molecule has 156 valence electrons. The fourth-order valence-electron chi connectivity index (χ4n) is 3.53. The minimum Gasteiger partial charge on any atom is -0.493 e. The summed E-state index contributed by atoms with van der Waals surface area (Å²) < 4.78 is 24.0. The van der Waals surface area contributed by atoms with E-state index in [1.54, 1.807) is 38.3 Å². The minimum absolute atomic E-state index is 0.00274. The van der Waals surface area contributed by atoms with E-state index in [0.29, 0.717) is 24.3 Å². The van der Waals surface area contributed by atoms with E-state index in [9.17, 15) is 9.18 Å². The lowest BCUT2D eigenvalue weighted by Gasteiger charge is -2.29. The predicted octanol–water partition coefficient (Wildman–Crippen LogP) is 5.02. The Morgan fingerprint density at radius 1 is 0.900 bits per heavy atom. The summed E-state index contributed by atoms with van der Waals surface area (Å²) in [5.41, 5.74) is 2.84. The van der Waals surface area contributed by atoms with Crippen molar-refractivity contribution in [2.24, 2.45) is 0 Å². The van der Waals surface area contributed by atoms with E-state index in [1.165, 1.54) is 12.1 Å². The first kappa shape index (κ1) is 21.4. The first-order valence-corrected chi connectivity index (χ1v) is 9.80. The molecule has 3 rings (SSSR count). The molecular weight excluding hydrogens is 381 g/mol. The van der Waals surface area contributed by atoms with Crippen LogP contribution in [-0.4, -0.2) is 32.1 Å². The summed E-state index contributed by atoms with van der Waals surface area (Å²) in [6.45, 7) is 0. The highest BCUT2D eigenvalue weighted by molar-refractivity contribution is 5.77. The topological polar surface area (TPSA) is 38.8 Å². The van der Waals surface area contributed by atoms with Crippen molar-refractivity contribution in [3.05, 3.63) is 95.3 Å². The van der Waals surface area contributed by atoms with Crippen LogP contribution in [0.4, 0.5) is 4.39 Å². The van der Waals surface area contributed by atoms with Crippen LogP contribution in [0.5, 0.6) is 11.5 Å². The molecule has 0 saturated carbocycles. The molecule has 0 aliphatic carbocycles. The summed E-state index contributed by atoms with van der Waals surface area (Å²) in [4.78, 5) is 14.8. The van der Waals surface area contributed by atoms with Gasteiger partial charge in [-0.3, -0.25) is 4.79 Å². The summed E-state index contributed by atoms with van der Waals surface area (Å²) in [5, 5.41) is 0. The second kappa shape index (κ2) is 9.92. The van der Waals surface area contributed by atoms with Crippen molar-refractivity contribution in [1.29, 1.82) is 0 Å². The molecule has 0 N–H and O–H groups in total. The third kappa shape index (κ3) is 4.98. The lowest BCUT2D eigenvalue weighted by atomic mass is 9.96. The Morgan fingerprint density at radius 2 is 1.53 bits per heavy atom. The molecule has 0 aromatic heterocycles. The molecular formula is C25H26FNO3. The van der Waals surface area contributed by atoms with E-state index in [4.69, 9.17) is 9.47 Å². The minimum atomic E-state index is -0.298. The Balaban J connectivity index is 1.78. The smallest absolute Gasteiger partial charge is 0.223 e. The zero-order chi connectivity index (χ0) is 21.5. The van der Waals surface area contributed by atoms with Crippen LogP contribution in [0.1, 0.15) is 29.2 Å². The zero-order valence-electron chi connectivity index (χ0n) is 17.5. The van der Waals surface area contributed by atoms with Crippen molar-refractivity contribution in [1.82, 2.24) is 4.90 Å². The van der Waals surface area contributed by atoms with Crippen molar-refractivity contribution in [3.8, 4) is 11.5 Å². The highest BCUT2D eigenvalue weighted by atomic mass is 19.1. The first-order valence-electron chi connectivity index (χ1n) is 9.80. The maximum Gasteiger partial charge on any atom is 0.223 e. The van der Waals surface area contributed by atoms with Crippen LogP contribution in [-0.2, 0) is 11.2 Å². The molecule has 4 nitrogen and oxygen atoms in total. The van der Waals surface area contributed by atoms with Crippen LogP contribution in [0, 0.1) is 5.82 Å². The standard InChI is InChI=1S/C25H26FNO3/c1-27(24(28)16-10-18-9-15-22(29-2)23(17-18)30-3)25(19-7-5-4-6-8-19)20-11-13-21(26)14-12-20/h4-9,11-15,17,25H,10,16H2,1-3H3. The Labute approximate surface area is 176 Å². The van der Waals surface area contributed by atoms with Gasteiger partial charge < -0.3 is 14.4 Å². The molecule has 0 saturated heterocycles. The molecule has 0 heterocycles. The molecule has 0 bridgehead atoms. The van der Waals surface area contributed by atoms with Crippen molar-refractivity contribution in [3.63, 3.8) is 0 Å². The van der Waals surface area contributed by atoms with E-state index in [0.717, 1.165) is 16.7 Å². The molecule has 3 aromatic rings. The monoisotopic (exact) mass is 407 g/mol. The van der Waals surface area contributed by atoms with Crippen molar-refractivity contribution in [2.75, 3.05) is 21.3 Å². The summed E-state index contributed by atoms with van der Waals surface area (Å²) >= 11 is 0. The van der Waals surface area contributed by atoms with Crippen molar-refractivity contribution >= 4 is 5.91 Å². The average molecular weight is 407 g/mol. The fourth-order valence-corrected chi connectivity index (χ4v) is 3.53. The molecule has 3 aromatic carbocycles. The quantitative estimate of drug-likeness (QED) is 0.526. The first-order chi connectivity index (χ1) is 14.5. The van der Waals surface area contributed by atoms with Gasteiger partial charge in [0, 0.05) is 13.5 Å². The second-order valence-corrected chi connectivity index (χ2v) is 7.06. The SMILES string of the molecule is COc1ccc(CCC(=O)N(C)C(c2ccccc2)c2ccc(F)cc2)cc1OC. The number of amides is 1. The maximum atomic E-state index is 13.4. The van der Waals surface area contributed by atoms with Gasteiger partial charge in [0.1, 0.15) is 5.82 Å². The second-order valence-electron chi connectivity index (χ2n) is 7.06. The number of rotatable bonds is 8. The number of aryl methyl sites for hydroxylation is 1. The van der Waals surface area contributed by atoms with Crippen LogP contribution < -0.4 is 9.47 Å². The summed E-state index contributed by atoms with van der Waals surface area (Å²) in [7, 11) is 4.97. The molecule has 0 aliphatic rings. The molecule has 0 radical (unpaired) electrons. The van der Waals surface area contributed by atoms with Gasteiger partial charge >= 0.3 is 0 Å². The van der Waals surface area contributed by atoms with Gasteiger partial charge in [-0.2, -0.15) is 0 Å². The normalized spacial score (nSPS) is 11.6. The van der Waals surface area contributed by atoms with Gasteiger partial charge in [-0.15, -0.1) is 0 Å². The average Bonchev–Trinajstić information content (AvgIpc) is 2.79. The van der Waals surface area contributed by atoms with E-state index in [1.807, 2.05) is 48.5 Å². The molecule has 1 atom stereocenters. The van der Waals surface area contributed by atoms with Crippen molar-refractivity contribution in [2.45, 2.75) is 18.9 Å². The lowest BCUT2D eigenvalue weighted by molar-refractivity contribution is -0.131. The van der Waals surface area contributed by atoms with Crippen LogP contribution in [0.3, 0.4) is 0 Å². The molecule has 0 fully saturated rings. The van der Waals surface area contributed by atoms with Gasteiger partial charge in [0.25, 0.3) is 0 Å². The summed E-state index contributed by atoms with van der Waals surface area (Å²) in [6.07, 6.45) is 0.922. The number of nitrogens with zero attached hydrogens (tertiary/aromatic N) is 1. The van der Waals surface area contributed by atoms with Gasteiger partial charge in [-0.05, 0) is 47.4 Å². The number of benzene rings is 3. The molecule has 5 heteroatoms.